The van der Waals surface area contributed by atoms with Gasteiger partial charge in [-0.1, -0.05) is 35.5 Å². The number of nitrogens with zero attached hydrogens (tertiary/aromatic N) is 4. The second-order valence-corrected chi connectivity index (χ2v) is 8.48. The molecule has 0 bridgehead atoms. The first-order valence-corrected chi connectivity index (χ1v) is 11.7. The maximum absolute atomic E-state index is 11.6. The number of hydrogen-bond acceptors (Lipinski definition) is 7. The first-order chi connectivity index (χ1) is 17.6. The Labute approximate surface area is 206 Å². The number of nitrogens with one attached hydrogen (secondary N) is 1. The number of para-hydroxylation sites is 1. The third-order valence-corrected chi connectivity index (χ3v) is 6.23. The number of aromatic amines is 1. The van der Waals surface area contributed by atoms with Crippen LogP contribution < -0.4 is 15.2 Å². The summed E-state index contributed by atoms with van der Waals surface area (Å²) in [6.45, 7) is 5.30. The zero-order valence-corrected chi connectivity index (χ0v) is 19.8. The molecule has 9 heteroatoms. The predicted octanol–water partition coefficient (Wildman–Crippen LogP) is 4.43. The molecule has 4 heterocycles. The zero-order valence-electron chi connectivity index (χ0n) is 19.8. The molecule has 0 atom stereocenters. The molecule has 0 aliphatic carbocycles. The summed E-state index contributed by atoms with van der Waals surface area (Å²) < 4.78 is 18.8. The molecule has 1 aliphatic rings. The van der Waals surface area contributed by atoms with E-state index in [1.165, 1.54) is 0 Å². The number of H-pyrrole nitrogens is 1. The third-order valence-electron chi connectivity index (χ3n) is 6.23. The lowest BCUT2D eigenvalue weighted by molar-refractivity contribution is 0.300. The molecule has 1 N–H and O–H groups in total. The van der Waals surface area contributed by atoms with Crippen molar-refractivity contribution in [2.24, 2.45) is 0 Å². The average Bonchev–Trinajstić information content (AvgIpc) is 3.43. The van der Waals surface area contributed by atoms with Gasteiger partial charge in [0.05, 0.1) is 13.2 Å². The van der Waals surface area contributed by atoms with E-state index >= 15 is 0 Å². The highest BCUT2D eigenvalue weighted by Gasteiger charge is 2.23. The van der Waals surface area contributed by atoms with Crippen molar-refractivity contribution in [3.63, 3.8) is 0 Å². The molecular formula is C27H23N5O4. The van der Waals surface area contributed by atoms with Gasteiger partial charge in [-0.3, -0.25) is 14.1 Å². The Balaban J connectivity index is 1.47. The summed E-state index contributed by atoms with van der Waals surface area (Å²) in [5, 5.41) is 3.92. The second kappa shape index (κ2) is 8.84. The molecule has 9 nitrogen and oxygen atoms in total. The second-order valence-electron chi connectivity index (χ2n) is 8.48. The van der Waals surface area contributed by atoms with Crippen molar-refractivity contribution in [3.05, 3.63) is 99.4 Å². The first-order valence-electron chi connectivity index (χ1n) is 11.7. The van der Waals surface area contributed by atoms with Crippen LogP contribution in [0.3, 0.4) is 0 Å². The lowest BCUT2D eigenvalue weighted by atomic mass is 9.89. The van der Waals surface area contributed by atoms with Crippen LogP contribution in [-0.2, 0) is 13.2 Å². The maximum Gasteiger partial charge on any atom is 0.439 e. The Bertz CT molecular complexity index is 1680. The van der Waals surface area contributed by atoms with E-state index in [9.17, 15) is 4.79 Å². The minimum absolute atomic E-state index is 0.388. The van der Waals surface area contributed by atoms with Crippen molar-refractivity contribution in [1.82, 2.24) is 24.7 Å². The van der Waals surface area contributed by atoms with Gasteiger partial charge in [0.1, 0.15) is 17.9 Å². The molecule has 180 valence electrons. The summed E-state index contributed by atoms with van der Waals surface area (Å²) in [5.41, 5.74) is 7.27. The molecule has 0 spiro atoms. The fraction of sp³-hybridized carbons (Fsp3) is 0.185. The van der Waals surface area contributed by atoms with Crippen LogP contribution in [0, 0.1) is 0 Å². The van der Waals surface area contributed by atoms with Gasteiger partial charge in [0.15, 0.2) is 11.5 Å². The van der Waals surface area contributed by atoms with Gasteiger partial charge in [0.2, 0.25) is 0 Å². The van der Waals surface area contributed by atoms with Crippen molar-refractivity contribution >= 4 is 22.3 Å². The molecule has 3 aromatic heterocycles. The fourth-order valence-corrected chi connectivity index (χ4v) is 4.62. The van der Waals surface area contributed by atoms with Crippen LogP contribution in [0.1, 0.15) is 41.9 Å². The van der Waals surface area contributed by atoms with Gasteiger partial charge in [0.25, 0.3) is 6.01 Å². The molecule has 1 aliphatic heterocycles. The Hall–Kier alpha value is -4.66. The monoisotopic (exact) mass is 481 g/mol. The highest BCUT2D eigenvalue weighted by Crippen LogP contribution is 2.40. The number of hydrogen-bond donors (Lipinski definition) is 1. The number of fused-ring (bicyclic) bond motifs is 3. The van der Waals surface area contributed by atoms with Gasteiger partial charge in [-0.2, -0.15) is 4.98 Å². The van der Waals surface area contributed by atoms with Crippen molar-refractivity contribution in [2.45, 2.75) is 27.0 Å². The minimum atomic E-state index is -0.593. The van der Waals surface area contributed by atoms with Crippen molar-refractivity contribution in [1.29, 1.82) is 0 Å². The average molecular weight is 482 g/mol. The minimum Gasteiger partial charge on any atom is -0.488 e. The maximum atomic E-state index is 11.6. The number of imidazole rings is 1. The summed E-state index contributed by atoms with van der Waals surface area (Å²) in [6.07, 6.45) is 1.76. The van der Waals surface area contributed by atoms with E-state index in [1.54, 1.807) is 6.20 Å². The normalized spacial score (nSPS) is 14.1. The number of allylic oxidation sites excluding steroid dienone is 1. The van der Waals surface area contributed by atoms with Crippen LogP contribution in [0.2, 0.25) is 0 Å². The highest BCUT2D eigenvalue weighted by molar-refractivity contribution is 5.99. The summed E-state index contributed by atoms with van der Waals surface area (Å²) in [4.78, 5) is 23.4. The van der Waals surface area contributed by atoms with Crippen molar-refractivity contribution in [3.8, 4) is 11.8 Å². The van der Waals surface area contributed by atoms with Gasteiger partial charge in [-0.15, -0.1) is 0 Å². The van der Waals surface area contributed by atoms with Crippen molar-refractivity contribution < 1.29 is 14.0 Å². The molecule has 0 amide bonds. The number of rotatable bonds is 5. The molecule has 0 saturated carbocycles. The lowest BCUT2D eigenvalue weighted by Gasteiger charge is -2.15. The smallest absolute Gasteiger partial charge is 0.439 e. The Kier molecular flexibility index (Phi) is 5.37. The van der Waals surface area contributed by atoms with E-state index in [1.807, 2.05) is 54.8 Å². The van der Waals surface area contributed by atoms with Crippen LogP contribution in [0.4, 0.5) is 0 Å². The fourth-order valence-electron chi connectivity index (χ4n) is 4.62. The van der Waals surface area contributed by atoms with Gasteiger partial charge in [-0.25, -0.2) is 9.78 Å². The number of pyridine rings is 1. The Morgan fingerprint density at radius 3 is 2.86 bits per heavy atom. The summed E-state index contributed by atoms with van der Waals surface area (Å²) in [7, 11) is 0. The summed E-state index contributed by atoms with van der Waals surface area (Å²) >= 11 is 0. The predicted molar refractivity (Wildman–Crippen MR) is 134 cm³/mol. The quantitative estimate of drug-likeness (QED) is 0.396. The third kappa shape index (κ3) is 3.74. The molecule has 2 aromatic carbocycles. The molecular weight excluding hydrogens is 458 g/mol. The standard InChI is InChI=1S/C27H23N5O4/c1-3-34-26-29-21-8-6-12-28-25(21)32(26)14-17-10-11-19-18(13-17)15-35-22-9-5-4-7-20(22)23(19)16(2)24-30-27(33)36-31-24/h4-13H,3,14-15H2,1-2H3,(H,30,31,33)/b23-16-. The first kappa shape index (κ1) is 21.8. The lowest BCUT2D eigenvalue weighted by Crippen LogP contribution is -2.07. The molecule has 36 heavy (non-hydrogen) atoms. The van der Waals surface area contributed by atoms with Crippen LogP contribution in [0.5, 0.6) is 11.8 Å². The van der Waals surface area contributed by atoms with E-state index in [0.717, 1.165) is 50.3 Å². The van der Waals surface area contributed by atoms with E-state index in [-0.39, 0.29) is 0 Å². The van der Waals surface area contributed by atoms with E-state index < -0.39 is 5.76 Å². The molecule has 0 saturated heterocycles. The van der Waals surface area contributed by atoms with Crippen LogP contribution in [0.15, 0.2) is 70.1 Å². The van der Waals surface area contributed by atoms with Gasteiger partial charge >= 0.3 is 5.76 Å². The largest absolute Gasteiger partial charge is 0.488 e. The SMILES string of the molecule is CCOc1nc2cccnc2n1Cc1ccc2c(c1)COc1ccccc1/C2=C(/C)c1noc(=O)[nH]1. The topological polar surface area (TPSA) is 108 Å². The molecule has 5 aromatic rings. The van der Waals surface area contributed by atoms with E-state index in [0.29, 0.717) is 31.6 Å². The number of benzene rings is 2. The van der Waals surface area contributed by atoms with E-state index in [2.05, 4.69) is 38.3 Å². The Morgan fingerprint density at radius 1 is 1.14 bits per heavy atom. The van der Waals surface area contributed by atoms with Crippen LogP contribution >= 0.6 is 0 Å². The number of ether oxygens (including phenoxy) is 2. The van der Waals surface area contributed by atoms with Gasteiger partial charge in [-0.05, 0) is 60.4 Å². The highest BCUT2D eigenvalue weighted by atomic mass is 16.5. The van der Waals surface area contributed by atoms with Gasteiger partial charge < -0.3 is 9.47 Å². The number of aromatic nitrogens is 5. The van der Waals surface area contributed by atoms with E-state index in [4.69, 9.17) is 14.0 Å². The molecule has 0 fully saturated rings. The zero-order chi connectivity index (χ0) is 24.6. The van der Waals surface area contributed by atoms with Crippen molar-refractivity contribution in [2.75, 3.05) is 6.61 Å². The van der Waals surface area contributed by atoms with Crippen LogP contribution in [-0.4, -0.2) is 31.3 Å². The van der Waals surface area contributed by atoms with Gasteiger partial charge in [0, 0.05) is 17.3 Å². The Morgan fingerprint density at radius 2 is 2.03 bits per heavy atom. The molecule has 0 unspecified atom stereocenters. The molecule has 6 rings (SSSR count). The summed E-state index contributed by atoms with van der Waals surface area (Å²) in [6, 6.07) is 18.5. The van der Waals surface area contributed by atoms with Crippen LogP contribution in [0.25, 0.3) is 22.3 Å². The molecule has 0 radical (unpaired) electrons. The summed E-state index contributed by atoms with van der Waals surface area (Å²) in [5.74, 6) is 0.558.